The summed E-state index contributed by atoms with van der Waals surface area (Å²) in [5.74, 6) is -0.323. The van der Waals surface area contributed by atoms with E-state index < -0.39 is 0 Å². The van der Waals surface area contributed by atoms with E-state index >= 15 is 0 Å². The van der Waals surface area contributed by atoms with Gasteiger partial charge in [0.1, 0.15) is 0 Å². The summed E-state index contributed by atoms with van der Waals surface area (Å²) in [6.45, 7) is 7.31. The second-order valence-electron chi connectivity index (χ2n) is 8.10. The Morgan fingerprint density at radius 3 is 2.69 bits per heavy atom. The molecule has 2 aromatic carbocycles. The van der Waals surface area contributed by atoms with E-state index in [0.717, 1.165) is 55.0 Å². The molecular weight excluding hydrogens is 402 g/mol. The number of carbonyl (C=O) groups is 1. The van der Waals surface area contributed by atoms with Crippen molar-refractivity contribution in [2.45, 2.75) is 13.5 Å². The minimum absolute atomic E-state index is 0.323. The van der Waals surface area contributed by atoms with Gasteiger partial charge in [-0.15, -0.1) is 0 Å². The van der Waals surface area contributed by atoms with E-state index in [0.29, 0.717) is 12.1 Å². The standard InChI is InChI=1S/C26H29N3O3/c1-19(13-20-3-6-22(7-4-20)26(30)31-2)16-27-24-15-23-14-21(5-8-25(23)28-17-24)18-29-9-11-32-12-10-29/h3-8,13-15,17,27H,9-12,16,18H2,1-2H3/b19-13+. The number of fused-ring (bicyclic) bond motifs is 1. The molecule has 6 nitrogen and oxygen atoms in total. The molecule has 1 aliphatic rings. The molecule has 0 radical (unpaired) electrons. The normalized spacial score (nSPS) is 15.0. The topological polar surface area (TPSA) is 63.7 Å². The molecule has 1 aromatic heterocycles. The number of morpholine rings is 1. The first-order valence-electron chi connectivity index (χ1n) is 10.9. The number of rotatable bonds is 7. The van der Waals surface area contributed by atoms with E-state index in [1.54, 1.807) is 12.1 Å². The van der Waals surface area contributed by atoms with Crippen LogP contribution in [0.1, 0.15) is 28.4 Å². The van der Waals surface area contributed by atoms with Crippen molar-refractivity contribution in [1.29, 1.82) is 0 Å². The summed E-state index contributed by atoms with van der Waals surface area (Å²) in [6.07, 6.45) is 3.98. The molecule has 166 valence electrons. The van der Waals surface area contributed by atoms with Gasteiger partial charge < -0.3 is 14.8 Å². The van der Waals surface area contributed by atoms with Gasteiger partial charge in [0.2, 0.25) is 0 Å². The number of aromatic nitrogens is 1. The largest absolute Gasteiger partial charge is 0.465 e. The molecular formula is C26H29N3O3. The molecule has 1 aliphatic heterocycles. The molecule has 0 amide bonds. The molecule has 0 saturated carbocycles. The third-order valence-electron chi connectivity index (χ3n) is 5.57. The molecule has 0 spiro atoms. The van der Waals surface area contributed by atoms with Crippen molar-refractivity contribution in [1.82, 2.24) is 9.88 Å². The minimum atomic E-state index is -0.323. The minimum Gasteiger partial charge on any atom is -0.465 e. The molecule has 2 heterocycles. The fourth-order valence-electron chi connectivity index (χ4n) is 3.80. The number of nitrogens with one attached hydrogen (secondary N) is 1. The number of carbonyl (C=O) groups excluding carboxylic acids is 1. The molecule has 0 bridgehead atoms. The number of hydrogen-bond donors (Lipinski definition) is 1. The molecule has 4 rings (SSSR count). The van der Waals surface area contributed by atoms with Gasteiger partial charge in [0, 0.05) is 31.6 Å². The maximum atomic E-state index is 11.6. The number of benzene rings is 2. The van der Waals surface area contributed by atoms with E-state index in [9.17, 15) is 4.79 Å². The highest BCUT2D eigenvalue weighted by Crippen LogP contribution is 2.20. The summed E-state index contributed by atoms with van der Waals surface area (Å²) in [5.41, 5.74) is 6.06. The van der Waals surface area contributed by atoms with E-state index in [2.05, 4.69) is 52.5 Å². The quantitative estimate of drug-likeness (QED) is 0.561. The van der Waals surface area contributed by atoms with Crippen LogP contribution < -0.4 is 5.32 Å². The lowest BCUT2D eigenvalue weighted by molar-refractivity contribution is 0.0342. The lowest BCUT2D eigenvalue weighted by Gasteiger charge is -2.26. The van der Waals surface area contributed by atoms with Crippen LogP contribution in [0.25, 0.3) is 17.0 Å². The van der Waals surface area contributed by atoms with Crippen molar-refractivity contribution >= 4 is 28.6 Å². The average Bonchev–Trinajstić information content (AvgIpc) is 2.83. The van der Waals surface area contributed by atoms with Crippen LogP contribution in [0.2, 0.25) is 0 Å². The number of nitrogens with zero attached hydrogens (tertiary/aromatic N) is 2. The lowest BCUT2D eigenvalue weighted by atomic mass is 10.1. The van der Waals surface area contributed by atoms with Crippen molar-refractivity contribution in [2.75, 3.05) is 45.3 Å². The van der Waals surface area contributed by atoms with Crippen LogP contribution in [0.4, 0.5) is 5.69 Å². The third kappa shape index (κ3) is 5.72. The monoisotopic (exact) mass is 431 g/mol. The van der Waals surface area contributed by atoms with Crippen LogP contribution in [0.15, 0.2) is 60.3 Å². The summed E-state index contributed by atoms with van der Waals surface area (Å²) in [5, 5.41) is 4.60. The van der Waals surface area contributed by atoms with Crippen molar-refractivity contribution in [3.63, 3.8) is 0 Å². The lowest BCUT2D eigenvalue weighted by Crippen LogP contribution is -2.35. The molecule has 0 atom stereocenters. The Hall–Kier alpha value is -3.22. The van der Waals surface area contributed by atoms with Crippen LogP contribution >= 0.6 is 0 Å². The molecule has 1 N–H and O–H groups in total. The molecule has 32 heavy (non-hydrogen) atoms. The summed E-state index contributed by atoms with van der Waals surface area (Å²) in [7, 11) is 1.39. The molecule has 0 unspecified atom stereocenters. The van der Waals surface area contributed by atoms with Crippen LogP contribution in [0.5, 0.6) is 0 Å². The van der Waals surface area contributed by atoms with Gasteiger partial charge in [0.25, 0.3) is 0 Å². The molecule has 1 fully saturated rings. The number of hydrogen-bond acceptors (Lipinski definition) is 6. The van der Waals surface area contributed by atoms with Gasteiger partial charge >= 0.3 is 5.97 Å². The van der Waals surface area contributed by atoms with Gasteiger partial charge in [0.15, 0.2) is 0 Å². The maximum absolute atomic E-state index is 11.6. The van der Waals surface area contributed by atoms with E-state index in [1.165, 1.54) is 18.2 Å². The zero-order valence-corrected chi connectivity index (χ0v) is 18.6. The summed E-state index contributed by atoms with van der Waals surface area (Å²) >= 11 is 0. The van der Waals surface area contributed by atoms with Crippen molar-refractivity contribution in [2.24, 2.45) is 0 Å². The zero-order chi connectivity index (χ0) is 22.3. The first kappa shape index (κ1) is 22.0. The van der Waals surface area contributed by atoms with Crippen molar-refractivity contribution in [3.05, 3.63) is 77.0 Å². The van der Waals surface area contributed by atoms with Crippen LogP contribution in [-0.2, 0) is 16.0 Å². The Kier molecular flexibility index (Phi) is 7.14. The van der Waals surface area contributed by atoms with Crippen LogP contribution in [0.3, 0.4) is 0 Å². The van der Waals surface area contributed by atoms with Gasteiger partial charge in [-0.25, -0.2) is 4.79 Å². The number of ether oxygens (including phenoxy) is 2. The number of pyridine rings is 1. The average molecular weight is 432 g/mol. The van der Waals surface area contributed by atoms with Gasteiger partial charge in [0.05, 0.1) is 43.3 Å². The maximum Gasteiger partial charge on any atom is 0.337 e. The van der Waals surface area contributed by atoms with Crippen molar-refractivity contribution < 1.29 is 14.3 Å². The smallest absolute Gasteiger partial charge is 0.337 e. The Morgan fingerprint density at radius 2 is 1.94 bits per heavy atom. The second-order valence-corrected chi connectivity index (χ2v) is 8.10. The Bertz CT molecular complexity index is 1100. The second kappa shape index (κ2) is 10.4. The fourth-order valence-corrected chi connectivity index (χ4v) is 3.80. The van der Waals surface area contributed by atoms with Gasteiger partial charge in [-0.05, 0) is 48.4 Å². The third-order valence-corrected chi connectivity index (χ3v) is 5.57. The zero-order valence-electron chi connectivity index (χ0n) is 18.6. The van der Waals surface area contributed by atoms with Gasteiger partial charge in [-0.1, -0.05) is 29.8 Å². The Labute approximate surface area is 188 Å². The predicted octanol–water partition coefficient (Wildman–Crippen LogP) is 4.37. The summed E-state index contributed by atoms with van der Waals surface area (Å²) in [6, 6.07) is 16.0. The molecule has 3 aromatic rings. The predicted molar refractivity (Wildman–Crippen MR) is 128 cm³/mol. The van der Waals surface area contributed by atoms with E-state index in [4.69, 9.17) is 9.47 Å². The van der Waals surface area contributed by atoms with Crippen LogP contribution in [-0.4, -0.2) is 55.8 Å². The highest BCUT2D eigenvalue weighted by atomic mass is 16.5. The number of anilines is 1. The SMILES string of the molecule is COC(=O)c1ccc(/C=C(\C)CNc2cnc3ccc(CN4CCOCC4)cc3c2)cc1. The van der Waals surface area contributed by atoms with E-state index in [1.807, 2.05) is 18.3 Å². The summed E-state index contributed by atoms with van der Waals surface area (Å²) in [4.78, 5) is 18.6. The Balaban J connectivity index is 1.39. The van der Waals surface area contributed by atoms with E-state index in [-0.39, 0.29) is 5.97 Å². The van der Waals surface area contributed by atoms with Crippen LogP contribution in [0, 0.1) is 0 Å². The molecule has 0 aliphatic carbocycles. The summed E-state index contributed by atoms with van der Waals surface area (Å²) < 4.78 is 10.2. The first-order chi connectivity index (χ1) is 15.6. The fraction of sp³-hybridized carbons (Fsp3) is 0.308. The Morgan fingerprint density at radius 1 is 1.16 bits per heavy atom. The first-order valence-corrected chi connectivity index (χ1v) is 10.9. The highest BCUT2D eigenvalue weighted by Gasteiger charge is 2.11. The molecule has 1 saturated heterocycles. The molecule has 6 heteroatoms. The van der Waals surface area contributed by atoms with Gasteiger partial charge in [-0.2, -0.15) is 0 Å². The number of esters is 1. The number of methoxy groups -OCH3 is 1. The van der Waals surface area contributed by atoms with Crippen molar-refractivity contribution in [3.8, 4) is 0 Å². The van der Waals surface area contributed by atoms with Gasteiger partial charge in [-0.3, -0.25) is 9.88 Å². The highest BCUT2D eigenvalue weighted by molar-refractivity contribution is 5.89.